The van der Waals surface area contributed by atoms with Gasteiger partial charge in [-0.3, -0.25) is 4.79 Å². The van der Waals surface area contributed by atoms with E-state index in [9.17, 15) is 4.79 Å². The van der Waals surface area contributed by atoms with Crippen molar-refractivity contribution in [2.45, 2.75) is 20.8 Å². The van der Waals surface area contributed by atoms with Gasteiger partial charge in [-0.05, 0) is 24.3 Å². The van der Waals surface area contributed by atoms with Gasteiger partial charge in [-0.1, -0.05) is 32.6 Å². The molecule has 82 valence electrons. The molecule has 0 spiro atoms. The summed E-state index contributed by atoms with van der Waals surface area (Å²) in [7, 11) is 1.74. The fraction of sp³-hybridized carbons (Fsp3) is 0.308. The lowest BCUT2D eigenvalue weighted by molar-refractivity contribution is 0.847. The predicted octanol–water partition coefficient (Wildman–Crippen LogP) is 1.18. The van der Waals surface area contributed by atoms with E-state index in [0.29, 0.717) is 5.22 Å². The van der Waals surface area contributed by atoms with E-state index >= 15 is 0 Å². The van der Waals surface area contributed by atoms with Gasteiger partial charge in [0.1, 0.15) is 0 Å². The molecule has 0 saturated carbocycles. The molecule has 1 aromatic rings. The van der Waals surface area contributed by atoms with Crippen molar-refractivity contribution >= 4 is 12.2 Å². The zero-order valence-electron chi connectivity index (χ0n) is 9.95. The third kappa shape index (κ3) is 3.24. The van der Waals surface area contributed by atoms with E-state index in [0.717, 1.165) is 5.22 Å². The Kier molecular flexibility index (Phi) is 6.11. The van der Waals surface area contributed by atoms with E-state index in [1.807, 2.05) is 32.9 Å². The molecule has 15 heavy (non-hydrogen) atoms. The van der Waals surface area contributed by atoms with E-state index in [1.165, 1.54) is 0 Å². The maximum Gasteiger partial charge on any atom is 0.258 e. The number of allylic oxidation sites excluding steroid dienone is 1. The molecule has 0 atom stereocenters. The zero-order chi connectivity index (χ0) is 11.8. The lowest BCUT2D eigenvalue weighted by atomic mass is 10.2. The Morgan fingerprint density at radius 1 is 1.40 bits per heavy atom. The monoisotopic (exact) mass is 205 g/mol. The number of aryl methyl sites for hydroxylation is 1. The third-order valence-corrected chi connectivity index (χ3v) is 1.93. The molecular formula is C13H19NO. The minimum absolute atomic E-state index is 0.00972. The molecule has 1 aromatic heterocycles. The number of hydrogen-bond donors (Lipinski definition) is 0. The van der Waals surface area contributed by atoms with Crippen LogP contribution in [0.5, 0.6) is 0 Å². The molecule has 0 fully saturated rings. The lowest BCUT2D eigenvalue weighted by Crippen LogP contribution is -2.43. The molecule has 0 saturated heterocycles. The summed E-state index contributed by atoms with van der Waals surface area (Å²) in [6.45, 7) is 9.50. The molecule has 0 aliphatic carbocycles. The average molecular weight is 205 g/mol. The molecule has 0 unspecified atom stereocenters. The van der Waals surface area contributed by atoms with Crippen molar-refractivity contribution in [2.24, 2.45) is 7.05 Å². The normalized spacial score (nSPS) is 12.0. The molecule has 0 aliphatic rings. The van der Waals surface area contributed by atoms with Crippen molar-refractivity contribution in [1.82, 2.24) is 4.57 Å². The van der Waals surface area contributed by atoms with Crippen molar-refractivity contribution < 1.29 is 0 Å². The molecule has 0 aromatic carbocycles. The molecule has 0 aliphatic heterocycles. The number of rotatable bonds is 1. The third-order valence-electron chi connectivity index (χ3n) is 1.93. The van der Waals surface area contributed by atoms with Crippen LogP contribution in [-0.2, 0) is 7.05 Å². The second-order valence-electron chi connectivity index (χ2n) is 2.79. The van der Waals surface area contributed by atoms with E-state index in [-0.39, 0.29) is 5.56 Å². The van der Waals surface area contributed by atoms with Gasteiger partial charge in [0.25, 0.3) is 5.56 Å². The number of nitrogens with zero attached hydrogens (tertiary/aromatic N) is 1. The smallest absolute Gasteiger partial charge is 0.258 e. The molecule has 0 bridgehead atoms. The van der Waals surface area contributed by atoms with Gasteiger partial charge in [0.15, 0.2) is 0 Å². The summed E-state index contributed by atoms with van der Waals surface area (Å²) in [6.07, 6.45) is 7.04. The molecule has 1 rings (SSSR count). The maximum atomic E-state index is 11.6. The van der Waals surface area contributed by atoms with Crippen LogP contribution in [-0.4, -0.2) is 4.57 Å². The van der Waals surface area contributed by atoms with E-state index < -0.39 is 0 Å². The predicted molar refractivity (Wildman–Crippen MR) is 67.1 cm³/mol. The van der Waals surface area contributed by atoms with Crippen LogP contribution in [0.15, 0.2) is 29.7 Å². The second-order valence-corrected chi connectivity index (χ2v) is 2.79. The minimum Gasteiger partial charge on any atom is -0.318 e. The van der Waals surface area contributed by atoms with Crippen molar-refractivity contribution in [2.75, 3.05) is 0 Å². The number of aromatic nitrogens is 1. The SMILES string of the molecule is C=C/C=c1/c(=O)n(C)cc/c1=C/C.CC. The van der Waals surface area contributed by atoms with Gasteiger partial charge in [-0.25, -0.2) is 0 Å². The van der Waals surface area contributed by atoms with E-state index in [2.05, 4.69) is 6.58 Å². The molecule has 0 N–H and O–H groups in total. The van der Waals surface area contributed by atoms with Gasteiger partial charge in [-0.2, -0.15) is 0 Å². The van der Waals surface area contributed by atoms with Gasteiger partial charge < -0.3 is 4.57 Å². The maximum absolute atomic E-state index is 11.6. The van der Waals surface area contributed by atoms with Gasteiger partial charge in [-0.15, -0.1) is 0 Å². The summed E-state index contributed by atoms with van der Waals surface area (Å²) < 4.78 is 1.56. The first-order valence-electron chi connectivity index (χ1n) is 5.15. The van der Waals surface area contributed by atoms with Crippen LogP contribution in [0.1, 0.15) is 20.8 Å². The second kappa shape index (κ2) is 6.82. The van der Waals surface area contributed by atoms with Crippen LogP contribution in [0.2, 0.25) is 0 Å². The zero-order valence-corrected chi connectivity index (χ0v) is 9.95. The highest BCUT2D eigenvalue weighted by atomic mass is 16.1. The fourth-order valence-corrected chi connectivity index (χ4v) is 1.20. The summed E-state index contributed by atoms with van der Waals surface area (Å²) >= 11 is 0. The van der Waals surface area contributed by atoms with Gasteiger partial charge >= 0.3 is 0 Å². The summed E-state index contributed by atoms with van der Waals surface area (Å²) in [5.74, 6) is 0. The fourth-order valence-electron chi connectivity index (χ4n) is 1.20. The number of pyridine rings is 1. The Labute approximate surface area is 90.9 Å². The van der Waals surface area contributed by atoms with Gasteiger partial charge in [0.2, 0.25) is 0 Å². The highest BCUT2D eigenvalue weighted by Crippen LogP contribution is 1.68. The summed E-state index contributed by atoms with van der Waals surface area (Å²) in [5, 5.41) is 1.64. The number of hydrogen-bond acceptors (Lipinski definition) is 1. The van der Waals surface area contributed by atoms with Crippen molar-refractivity contribution in [3.05, 3.63) is 45.7 Å². The molecule has 2 heteroatoms. The molecule has 2 nitrogen and oxygen atoms in total. The molecule has 1 heterocycles. The standard InChI is InChI=1S/C11H13NO.C2H6/c1-4-6-10-9(5-2)7-8-12(3)11(10)13;1-2/h4-8H,1H2,2-3H3;1-2H3/b9-5-,10-6+;. The first-order chi connectivity index (χ1) is 7.20. The van der Waals surface area contributed by atoms with Gasteiger partial charge in [0, 0.05) is 18.5 Å². The Hall–Kier alpha value is -1.57. The van der Waals surface area contributed by atoms with Crippen molar-refractivity contribution in [3.8, 4) is 0 Å². The first kappa shape index (κ1) is 13.4. The molecule has 0 amide bonds. The van der Waals surface area contributed by atoms with Crippen LogP contribution in [0.25, 0.3) is 12.2 Å². The molecule has 0 radical (unpaired) electrons. The minimum atomic E-state index is 0.00972. The van der Waals surface area contributed by atoms with Crippen molar-refractivity contribution in [3.63, 3.8) is 0 Å². The Morgan fingerprint density at radius 2 is 2.00 bits per heavy atom. The van der Waals surface area contributed by atoms with Crippen LogP contribution in [0.3, 0.4) is 0 Å². The topological polar surface area (TPSA) is 22.0 Å². The van der Waals surface area contributed by atoms with E-state index in [1.54, 1.807) is 30.0 Å². The largest absolute Gasteiger partial charge is 0.318 e. The van der Waals surface area contributed by atoms with Crippen LogP contribution >= 0.6 is 0 Å². The van der Waals surface area contributed by atoms with Crippen LogP contribution in [0.4, 0.5) is 0 Å². The summed E-state index contributed by atoms with van der Waals surface area (Å²) in [4.78, 5) is 11.6. The van der Waals surface area contributed by atoms with Gasteiger partial charge in [0.05, 0.1) is 0 Å². The summed E-state index contributed by atoms with van der Waals surface area (Å²) in [5.41, 5.74) is 0.00972. The van der Waals surface area contributed by atoms with E-state index in [4.69, 9.17) is 0 Å². The Bertz CT molecular complexity index is 480. The highest BCUT2D eigenvalue weighted by molar-refractivity contribution is 5.36. The quantitative estimate of drug-likeness (QED) is 0.675. The first-order valence-corrected chi connectivity index (χ1v) is 5.15. The Balaban J connectivity index is 0.000000921. The highest BCUT2D eigenvalue weighted by Gasteiger charge is 1.91. The lowest BCUT2D eigenvalue weighted by Gasteiger charge is -1.95. The van der Waals surface area contributed by atoms with Crippen molar-refractivity contribution in [1.29, 1.82) is 0 Å². The van der Waals surface area contributed by atoms with Crippen LogP contribution in [0, 0.1) is 0 Å². The van der Waals surface area contributed by atoms with Crippen LogP contribution < -0.4 is 16.0 Å². The average Bonchev–Trinajstić information content (AvgIpc) is 2.28. The Morgan fingerprint density at radius 3 is 2.47 bits per heavy atom. The summed E-state index contributed by atoms with van der Waals surface area (Å²) in [6, 6.07) is 1.91. The molecular weight excluding hydrogens is 186 g/mol.